The second kappa shape index (κ2) is 10.3. The minimum absolute atomic E-state index is 0.118. The number of carbonyl (C=O) groups excluding carboxylic acids is 1. The zero-order valence-electron chi connectivity index (χ0n) is 20.5. The lowest BCUT2D eigenvalue weighted by molar-refractivity contribution is 0.0988. The number of rotatable bonds is 7. The number of hydrogen-bond acceptors (Lipinski definition) is 8. The number of likely N-dealkylation sites (N-methyl/N-ethyl adjacent to an activating group) is 1. The van der Waals surface area contributed by atoms with Crippen molar-refractivity contribution in [3.8, 4) is 17.1 Å². The third kappa shape index (κ3) is 4.68. The highest BCUT2D eigenvalue weighted by molar-refractivity contribution is 7.18. The Bertz CT molecular complexity index is 1420. The van der Waals surface area contributed by atoms with E-state index in [1.54, 1.807) is 29.5 Å². The van der Waals surface area contributed by atoms with Gasteiger partial charge in [-0.2, -0.15) is 0 Å². The van der Waals surface area contributed by atoms with E-state index in [1.807, 2.05) is 19.1 Å². The highest BCUT2D eigenvalue weighted by Gasteiger charge is 2.25. The van der Waals surface area contributed by atoms with Crippen LogP contribution in [0.1, 0.15) is 33.9 Å². The van der Waals surface area contributed by atoms with Crippen molar-refractivity contribution >= 4 is 33.0 Å². The topological polar surface area (TPSA) is 80.2 Å². The molecule has 9 heteroatoms. The Balaban J connectivity index is 1.51. The van der Waals surface area contributed by atoms with Crippen LogP contribution in [0.5, 0.6) is 5.75 Å². The van der Waals surface area contributed by atoms with Crippen LogP contribution in [0.15, 0.2) is 42.6 Å². The molecule has 1 fully saturated rings. The number of nitrogens with zero attached hydrogens (tertiary/aromatic N) is 4. The van der Waals surface area contributed by atoms with Gasteiger partial charge in [0.15, 0.2) is 11.6 Å². The summed E-state index contributed by atoms with van der Waals surface area (Å²) in [5, 5.41) is 4.47. The molecule has 2 aromatic carbocycles. The van der Waals surface area contributed by atoms with E-state index in [-0.39, 0.29) is 29.3 Å². The molecule has 0 bridgehead atoms. The van der Waals surface area contributed by atoms with Gasteiger partial charge in [-0.25, -0.2) is 19.3 Å². The first-order valence-corrected chi connectivity index (χ1v) is 12.8. The number of carbonyl (C=O) groups is 1. The Morgan fingerprint density at radius 2 is 2.11 bits per heavy atom. The summed E-state index contributed by atoms with van der Waals surface area (Å²) >= 11 is 1.65. The van der Waals surface area contributed by atoms with Gasteiger partial charge < -0.3 is 15.0 Å². The fraction of sp³-hybridized carbons (Fsp3) is 0.333. The molecular formula is C27H28FN5O2S. The van der Waals surface area contributed by atoms with E-state index in [0.29, 0.717) is 11.8 Å². The first-order valence-electron chi connectivity index (χ1n) is 12.0. The summed E-state index contributed by atoms with van der Waals surface area (Å²) in [6.45, 7) is 3.92. The minimum Gasteiger partial charge on any atom is -0.496 e. The number of thiazole rings is 1. The number of anilines is 1. The monoisotopic (exact) mass is 505 g/mol. The Kier molecular flexibility index (Phi) is 6.93. The van der Waals surface area contributed by atoms with Crippen molar-refractivity contribution in [2.45, 2.75) is 32.2 Å². The number of benzene rings is 2. The SMILES string of the molecule is COc1cccc(F)c1-c1nccc(C(=O)Cc2ccc3sc(C)nc3c2N(C)[C@@H]2CCCNC2)n1. The van der Waals surface area contributed by atoms with Gasteiger partial charge in [-0.05, 0) is 56.1 Å². The Hall–Kier alpha value is -3.43. The lowest BCUT2D eigenvalue weighted by Gasteiger charge is -2.34. The number of ketones is 1. The van der Waals surface area contributed by atoms with Gasteiger partial charge in [0.05, 0.1) is 28.1 Å². The molecule has 186 valence electrons. The van der Waals surface area contributed by atoms with E-state index in [2.05, 4.69) is 27.2 Å². The molecule has 5 rings (SSSR count). The van der Waals surface area contributed by atoms with Crippen LogP contribution in [-0.4, -0.2) is 54.0 Å². The quantitative estimate of drug-likeness (QED) is 0.361. The normalized spacial score (nSPS) is 15.7. The number of aromatic nitrogens is 3. The van der Waals surface area contributed by atoms with Gasteiger partial charge in [-0.1, -0.05) is 12.1 Å². The molecule has 0 aliphatic carbocycles. The van der Waals surface area contributed by atoms with E-state index in [1.165, 1.54) is 19.4 Å². The Labute approximate surface area is 213 Å². The first-order chi connectivity index (χ1) is 17.5. The van der Waals surface area contributed by atoms with Crippen molar-refractivity contribution in [3.05, 3.63) is 64.7 Å². The molecule has 1 atom stereocenters. The fourth-order valence-electron chi connectivity index (χ4n) is 4.80. The van der Waals surface area contributed by atoms with Crippen LogP contribution < -0.4 is 15.0 Å². The molecule has 1 N–H and O–H groups in total. The summed E-state index contributed by atoms with van der Waals surface area (Å²) in [5.41, 5.74) is 3.18. The van der Waals surface area contributed by atoms with Gasteiger partial charge in [0.25, 0.3) is 0 Å². The van der Waals surface area contributed by atoms with Crippen molar-refractivity contribution in [3.63, 3.8) is 0 Å². The van der Waals surface area contributed by atoms with Crippen LogP contribution >= 0.6 is 11.3 Å². The largest absolute Gasteiger partial charge is 0.496 e. The molecule has 1 aliphatic heterocycles. The molecule has 0 saturated carbocycles. The summed E-state index contributed by atoms with van der Waals surface area (Å²) in [5.74, 6) is -0.245. The van der Waals surface area contributed by atoms with Gasteiger partial charge >= 0.3 is 0 Å². The van der Waals surface area contributed by atoms with Crippen molar-refractivity contribution < 1.29 is 13.9 Å². The average Bonchev–Trinajstić information content (AvgIpc) is 3.28. The lowest BCUT2D eigenvalue weighted by atomic mass is 10.00. The number of halogens is 1. The zero-order valence-corrected chi connectivity index (χ0v) is 21.4. The number of nitrogens with one attached hydrogen (secondary N) is 1. The summed E-state index contributed by atoms with van der Waals surface area (Å²) < 4.78 is 21.0. The summed E-state index contributed by atoms with van der Waals surface area (Å²) in [6, 6.07) is 10.5. The summed E-state index contributed by atoms with van der Waals surface area (Å²) in [6.07, 6.45) is 3.82. The van der Waals surface area contributed by atoms with Crippen molar-refractivity contribution in [1.82, 2.24) is 20.3 Å². The molecule has 1 aliphatic rings. The lowest BCUT2D eigenvalue weighted by Crippen LogP contribution is -2.44. The molecule has 0 amide bonds. The minimum atomic E-state index is -0.506. The number of aryl methyl sites for hydroxylation is 1. The molecule has 4 aromatic rings. The predicted octanol–water partition coefficient (Wildman–Crippen LogP) is 4.82. The molecule has 0 spiro atoms. The van der Waals surface area contributed by atoms with Crippen LogP contribution in [0, 0.1) is 12.7 Å². The maximum atomic E-state index is 14.6. The molecule has 7 nitrogen and oxygen atoms in total. The number of hydrogen-bond donors (Lipinski definition) is 1. The van der Waals surface area contributed by atoms with Crippen LogP contribution in [0.25, 0.3) is 21.6 Å². The second-order valence-electron chi connectivity index (χ2n) is 8.95. The third-order valence-electron chi connectivity index (χ3n) is 6.61. The Morgan fingerprint density at radius 1 is 1.25 bits per heavy atom. The summed E-state index contributed by atoms with van der Waals surface area (Å²) in [7, 11) is 3.55. The second-order valence-corrected chi connectivity index (χ2v) is 10.2. The molecule has 0 unspecified atom stereocenters. The number of Topliss-reactive ketones (excluding diaryl/α,β-unsaturated/α-hetero) is 1. The number of fused-ring (bicyclic) bond motifs is 1. The maximum Gasteiger partial charge on any atom is 0.185 e. The number of methoxy groups -OCH3 is 1. The van der Waals surface area contributed by atoms with E-state index in [0.717, 1.165) is 52.4 Å². The van der Waals surface area contributed by atoms with E-state index >= 15 is 0 Å². The van der Waals surface area contributed by atoms with Crippen LogP contribution in [0.2, 0.25) is 0 Å². The fourth-order valence-corrected chi connectivity index (χ4v) is 5.64. The zero-order chi connectivity index (χ0) is 25.2. The van der Waals surface area contributed by atoms with E-state index < -0.39 is 5.82 Å². The van der Waals surface area contributed by atoms with Crippen LogP contribution in [-0.2, 0) is 6.42 Å². The van der Waals surface area contributed by atoms with Crippen LogP contribution in [0.3, 0.4) is 0 Å². The predicted molar refractivity (Wildman–Crippen MR) is 141 cm³/mol. The number of piperidine rings is 1. The van der Waals surface area contributed by atoms with Crippen molar-refractivity contribution in [1.29, 1.82) is 0 Å². The van der Waals surface area contributed by atoms with Gasteiger partial charge in [0.1, 0.15) is 22.8 Å². The van der Waals surface area contributed by atoms with Crippen molar-refractivity contribution in [2.75, 3.05) is 32.1 Å². The highest BCUT2D eigenvalue weighted by Crippen LogP contribution is 2.36. The molecule has 1 saturated heterocycles. The molecule has 36 heavy (non-hydrogen) atoms. The third-order valence-corrected chi connectivity index (χ3v) is 7.54. The maximum absolute atomic E-state index is 14.6. The van der Waals surface area contributed by atoms with E-state index in [9.17, 15) is 9.18 Å². The Morgan fingerprint density at radius 3 is 2.89 bits per heavy atom. The summed E-state index contributed by atoms with van der Waals surface area (Å²) in [4.78, 5) is 29.2. The first kappa shape index (κ1) is 24.3. The van der Waals surface area contributed by atoms with E-state index in [4.69, 9.17) is 9.72 Å². The smallest absolute Gasteiger partial charge is 0.185 e. The number of ether oxygens (including phenoxy) is 1. The highest BCUT2D eigenvalue weighted by atomic mass is 32.1. The molecular weight excluding hydrogens is 477 g/mol. The average molecular weight is 506 g/mol. The van der Waals surface area contributed by atoms with Gasteiger partial charge in [0, 0.05) is 32.3 Å². The van der Waals surface area contributed by atoms with Crippen LogP contribution in [0.4, 0.5) is 10.1 Å². The van der Waals surface area contributed by atoms with Gasteiger partial charge in [-0.3, -0.25) is 4.79 Å². The molecule has 0 radical (unpaired) electrons. The standard InChI is InChI=1S/C27H28FN5O2S/c1-16-31-25-23(36-16)10-9-17(26(25)33(2)18-6-5-12-29-15-18)14-21(34)20-11-13-30-27(32-20)24-19(28)7-4-8-22(24)35-3/h4,7-11,13,18,29H,5-6,12,14-15H2,1-3H3/t18-/m1/s1. The molecule has 2 aromatic heterocycles. The molecule has 3 heterocycles. The van der Waals surface area contributed by atoms with Gasteiger partial charge in [0.2, 0.25) is 0 Å². The van der Waals surface area contributed by atoms with Crippen molar-refractivity contribution in [2.24, 2.45) is 0 Å². The van der Waals surface area contributed by atoms with Gasteiger partial charge in [-0.15, -0.1) is 11.3 Å².